The Kier molecular flexibility index (Phi) is 5.34. The Bertz CT molecular complexity index is 667. The monoisotopic (exact) mass is 371 g/mol. The molecule has 0 radical (unpaired) electrons. The third kappa shape index (κ3) is 3.95. The summed E-state index contributed by atoms with van der Waals surface area (Å²) in [7, 11) is 0. The molecule has 3 fully saturated rings. The van der Waals surface area contributed by atoms with Gasteiger partial charge in [-0.05, 0) is 37.8 Å². The summed E-state index contributed by atoms with van der Waals surface area (Å²) in [5.74, 6) is -0.0256. The number of nitrogens with one attached hydrogen (secondary N) is 2. The molecule has 3 amide bonds. The van der Waals surface area contributed by atoms with Crippen LogP contribution in [0.4, 0.5) is 10.5 Å². The van der Waals surface area contributed by atoms with Crippen molar-refractivity contribution < 1.29 is 14.3 Å². The highest BCUT2D eigenvalue weighted by atomic mass is 16.5. The number of nitrogens with zero attached hydrogens (tertiary/aromatic N) is 1. The Labute approximate surface area is 160 Å². The number of amides is 3. The van der Waals surface area contributed by atoms with Crippen molar-refractivity contribution in [2.75, 3.05) is 31.6 Å². The molecule has 4 rings (SSSR count). The third-order valence-electron chi connectivity index (χ3n) is 6.47. The van der Waals surface area contributed by atoms with Crippen molar-refractivity contribution in [1.29, 1.82) is 0 Å². The molecule has 1 atom stereocenters. The molecule has 27 heavy (non-hydrogen) atoms. The molecule has 1 saturated carbocycles. The first-order chi connectivity index (χ1) is 13.2. The maximum atomic E-state index is 13.1. The molecule has 2 aliphatic heterocycles. The van der Waals surface area contributed by atoms with E-state index in [0.29, 0.717) is 32.3 Å². The van der Waals surface area contributed by atoms with E-state index in [2.05, 4.69) is 10.6 Å². The first-order valence-corrected chi connectivity index (χ1v) is 10.2. The van der Waals surface area contributed by atoms with Crippen molar-refractivity contribution in [3.63, 3.8) is 0 Å². The minimum absolute atomic E-state index is 0.122. The fourth-order valence-corrected chi connectivity index (χ4v) is 4.87. The molecule has 146 valence electrons. The van der Waals surface area contributed by atoms with Crippen LogP contribution >= 0.6 is 0 Å². The van der Waals surface area contributed by atoms with Crippen LogP contribution in [0.3, 0.4) is 0 Å². The number of hydrogen-bond acceptors (Lipinski definition) is 3. The largest absolute Gasteiger partial charge is 0.381 e. The van der Waals surface area contributed by atoms with Gasteiger partial charge in [-0.3, -0.25) is 4.79 Å². The number of carbonyl (C=O) groups is 2. The number of likely N-dealkylation sites (tertiary alicyclic amines) is 1. The Hall–Kier alpha value is -2.08. The van der Waals surface area contributed by atoms with Crippen molar-refractivity contribution in [2.24, 2.45) is 11.3 Å². The van der Waals surface area contributed by atoms with Crippen molar-refractivity contribution in [3.05, 3.63) is 30.3 Å². The van der Waals surface area contributed by atoms with Gasteiger partial charge in [0.15, 0.2) is 0 Å². The molecule has 1 aromatic rings. The highest BCUT2D eigenvalue weighted by molar-refractivity contribution is 5.90. The lowest BCUT2D eigenvalue weighted by atomic mass is 9.71. The summed E-state index contributed by atoms with van der Waals surface area (Å²) in [5.41, 5.74) is 0.622. The average molecular weight is 371 g/mol. The van der Waals surface area contributed by atoms with Crippen molar-refractivity contribution in [3.8, 4) is 0 Å². The van der Waals surface area contributed by atoms with Crippen LogP contribution in [0.25, 0.3) is 0 Å². The molecule has 3 aliphatic rings. The van der Waals surface area contributed by atoms with E-state index in [4.69, 9.17) is 4.74 Å². The Morgan fingerprint density at radius 2 is 1.78 bits per heavy atom. The maximum absolute atomic E-state index is 13.1. The van der Waals surface area contributed by atoms with Crippen molar-refractivity contribution in [1.82, 2.24) is 10.2 Å². The van der Waals surface area contributed by atoms with Gasteiger partial charge in [0, 0.05) is 43.4 Å². The zero-order chi connectivity index (χ0) is 18.7. The second-order valence-corrected chi connectivity index (χ2v) is 8.19. The first kappa shape index (κ1) is 18.3. The van der Waals surface area contributed by atoms with E-state index in [9.17, 15) is 9.59 Å². The van der Waals surface area contributed by atoms with Crippen LogP contribution in [0.15, 0.2) is 30.3 Å². The first-order valence-electron chi connectivity index (χ1n) is 10.2. The van der Waals surface area contributed by atoms with Gasteiger partial charge in [0.2, 0.25) is 5.91 Å². The van der Waals surface area contributed by atoms with Crippen LogP contribution in [-0.4, -0.2) is 49.2 Å². The molecule has 6 heteroatoms. The predicted octanol–water partition coefficient (Wildman–Crippen LogP) is 3.01. The number of ether oxygens (including phenoxy) is 1. The van der Waals surface area contributed by atoms with Gasteiger partial charge in [-0.1, -0.05) is 31.0 Å². The summed E-state index contributed by atoms with van der Waals surface area (Å²) in [6.07, 6.45) is 6.22. The molecule has 2 saturated heterocycles. The van der Waals surface area contributed by atoms with Crippen LogP contribution < -0.4 is 10.6 Å². The summed E-state index contributed by atoms with van der Waals surface area (Å²) in [6.45, 7) is 2.44. The smallest absolute Gasteiger partial charge is 0.321 e. The molecule has 1 spiro atoms. The van der Waals surface area contributed by atoms with Crippen LogP contribution in [0.1, 0.15) is 38.5 Å². The topological polar surface area (TPSA) is 70.7 Å². The molecule has 1 aliphatic carbocycles. The van der Waals surface area contributed by atoms with Crippen LogP contribution in [-0.2, 0) is 9.53 Å². The van der Waals surface area contributed by atoms with Gasteiger partial charge in [-0.15, -0.1) is 0 Å². The van der Waals surface area contributed by atoms with Gasteiger partial charge in [-0.2, -0.15) is 0 Å². The quantitative estimate of drug-likeness (QED) is 0.858. The van der Waals surface area contributed by atoms with Gasteiger partial charge in [0.1, 0.15) is 0 Å². The summed E-state index contributed by atoms with van der Waals surface area (Å²) < 4.78 is 5.56. The minimum Gasteiger partial charge on any atom is -0.381 e. The van der Waals surface area contributed by atoms with Gasteiger partial charge < -0.3 is 20.3 Å². The fraction of sp³-hybridized carbons (Fsp3) is 0.619. The lowest BCUT2D eigenvalue weighted by Gasteiger charge is -2.37. The normalized spacial score (nSPS) is 24.9. The number of benzene rings is 1. The predicted molar refractivity (Wildman–Crippen MR) is 103 cm³/mol. The van der Waals surface area contributed by atoms with E-state index in [1.165, 1.54) is 12.8 Å². The zero-order valence-electron chi connectivity index (χ0n) is 15.8. The molecular weight excluding hydrogens is 342 g/mol. The molecule has 0 bridgehead atoms. The zero-order valence-corrected chi connectivity index (χ0v) is 15.8. The number of urea groups is 1. The Morgan fingerprint density at radius 1 is 1.07 bits per heavy atom. The molecule has 0 aromatic heterocycles. The van der Waals surface area contributed by atoms with Gasteiger partial charge in [0.25, 0.3) is 0 Å². The molecular formula is C21H29N3O3. The van der Waals surface area contributed by atoms with E-state index in [1.807, 2.05) is 35.2 Å². The number of hydrogen-bond donors (Lipinski definition) is 2. The highest BCUT2D eigenvalue weighted by Gasteiger charge is 2.52. The highest BCUT2D eigenvalue weighted by Crippen LogP contribution is 2.44. The maximum Gasteiger partial charge on any atom is 0.321 e. The van der Waals surface area contributed by atoms with Gasteiger partial charge >= 0.3 is 6.03 Å². The van der Waals surface area contributed by atoms with Gasteiger partial charge in [0.05, 0.1) is 5.92 Å². The van der Waals surface area contributed by atoms with E-state index < -0.39 is 0 Å². The van der Waals surface area contributed by atoms with E-state index in [1.54, 1.807) is 0 Å². The van der Waals surface area contributed by atoms with Crippen LogP contribution in [0.2, 0.25) is 0 Å². The lowest BCUT2D eigenvalue weighted by molar-refractivity contribution is -0.130. The fourth-order valence-electron chi connectivity index (χ4n) is 4.87. The summed E-state index contributed by atoms with van der Waals surface area (Å²) in [5, 5.41) is 6.23. The summed E-state index contributed by atoms with van der Waals surface area (Å²) in [6, 6.07) is 9.66. The number of para-hydroxylation sites is 1. The Morgan fingerprint density at radius 3 is 2.48 bits per heavy atom. The molecule has 1 aromatic carbocycles. The molecule has 6 nitrogen and oxygen atoms in total. The van der Waals surface area contributed by atoms with E-state index >= 15 is 0 Å². The number of anilines is 1. The minimum atomic E-state index is -0.158. The molecule has 1 unspecified atom stereocenters. The summed E-state index contributed by atoms with van der Waals surface area (Å²) in [4.78, 5) is 27.7. The Balaban J connectivity index is 1.47. The number of carbonyl (C=O) groups excluding carboxylic acids is 2. The second kappa shape index (κ2) is 7.89. The second-order valence-electron chi connectivity index (χ2n) is 8.19. The SMILES string of the molecule is O=C(NC1CCCC1)C1CN(C(=O)Nc2ccccc2)CC12CCOCC2. The van der Waals surface area contributed by atoms with Gasteiger partial charge in [-0.25, -0.2) is 4.79 Å². The van der Waals surface area contributed by atoms with E-state index in [-0.39, 0.29) is 23.3 Å². The van der Waals surface area contributed by atoms with Crippen molar-refractivity contribution >= 4 is 17.6 Å². The third-order valence-corrected chi connectivity index (χ3v) is 6.47. The van der Waals surface area contributed by atoms with E-state index in [0.717, 1.165) is 31.4 Å². The standard InChI is InChI=1S/C21H29N3O3/c25-19(22-16-8-4-5-9-16)18-14-24(15-21(18)10-12-27-13-11-21)20(26)23-17-6-2-1-3-7-17/h1-3,6-7,16,18H,4-5,8-15H2,(H,22,25)(H,23,26). The molecule has 2 heterocycles. The lowest BCUT2D eigenvalue weighted by Crippen LogP contribution is -2.46. The summed E-state index contributed by atoms with van der Waals surface area (Å²) >= 11 is 0. The van der Waals surface area contributed by atoms with Crippen molar-refractivity contribution in [2.45, 2.75) is 44.6 Å². The average Bonchev–Trinajstić information content (AvgIpc) is 3.31. The molecule has 2 N–H and O–H groups in total. The van der Waals surface area contributed by atoms with Crippen LogP contribution in [0.5, 0.6) is 0 Å². The number of rotatable bonds is 3. The van der Waals surface area contributed by atoms with Crippen LogP contribution in [0, 0.1) is 11.3 Å².